The van der Waals surface area contributed by atoms with Crippen molar-refractivity contribution in [2.75, 3.05) is 41.3 Å². The minimum Gasteiger partial charge on any atom is -0.358 e. The van der Waals surface area contributed by atoms with E-state index in [2.05, 4.69) is 10.2 Å². The number of likely N-dealkylation sites (tertiary alicyclic amines) is 1. The van der Waals surface area contributed by atoms with E-state index >= 15 is 0 Å². The Morgan fingerprint density at radius 2 is 1.68 bits per heavy atom. The summed E-state index contributed by atoms with van der Waals surface area (Å²) in [5, 5.41) is 2.94. The van der Waals surface area contributed by atoms with Crippen LogP contribution < -0.4 is 15.1 Å². The van der Waals surface area contributed by atoms with Crippen LogP contribution in [0.25, 0.3) is 0 Å². The molecule has 0 radical (unpaired) electrons. The van der Waals surface area contributed by atoms with Gasteiger partial charge in [-0.25, -0.2) is 0 Å². The van der Waals surface area contributed by atoms with E-state index in [1.165, 1.54) is 0 Å². The zero-order valence-corrected chi connectivity index (χ0v) is 20.0. The molecule has 0 aromatic heterocycles. The van der Waals surface area contributed by atoms with Crippen LogP contribution in [0.5, 0.6) is 0 Å². The highest BCUT2D eigenvalue weighted by Crippen LogP contribution is 2.40. The molecule has 34 heavy (non-hydrogen) atoms. The Bertz CT molecular complexity index is 1140. The Morgan fingerprint density at radius 1 is 0.912 bits per heavy atom. The first-order chi connectivity index (χ1) is 16.4. The lowest BCUT2D eigenvalue weighted by atomic mass is 9.95. The van der Waals surface area contributed by atoms with Crippen LogP contribution in [-0.4, -0.2) is 54.8 Å². The van der Waals surface area contributed by atoms with Crippen molar-refractivity contribution >= 4 is 34.8 Å². The molecule has 5 rings (SSSR count). The smallest absolute Gasteiger partial charge is 0.253 e. The lowest BCUT2D eigenvalue weighted by molar-refractivity contribution is -0.123. The first-order valence-corrected chi connectivity index (χ1v) is 12.3. The number of nitrogens with zero attached hydrogens (tertiary/aromatic N) is 3. The van der Waals surface area contributed by atoms with Crippen LogP contribution in [0.15, 0.2) is 36.4 Å². The van der Waals surface area contributed by atoms with E-state index in [4.69, 9.17) is 0 Å². The molecule has 2 aromatic carbocycles. The van der Waals surface area contributed by atoms with Crippen molar-refractivity contribution in [3.63, 3.8) is 0 Å². The Labute approximate surface area is 200 Å². The molecular formula is C27H32N4O3. The molecule has 0 bridgehead atoms. The summed E-state index contributed by atoms with van der Waals surface area (Å²) in [7, 11) is 0. The van der Waals surface area contributed by atoms with Gasteiger partial charge in [-0.2, -0.15) is 0 Å². The number of hydrogen-bond donors (Lipinski definition) is 1. The fourth-order valence-electron chi connectivity index (χ4n) is 5.32. The minimum atomic E-state index is -0.254. The Balaban J connectivity index is 1.45. The topological polar surface area (TPSA) is 73.0 Å². The van der Waals surface area contributed by atoms with Crippen molar-refractivity contribution in [1.82, 2.24) is 4.90 Å². The molecule has 0 unspecified atom stereocenters. The van der Waals surface area contributed by atoms with Crippen LogP contribution in [0.4, 0.5) is 17.1 Å². The van der Waals surface area contributed by atoms with E-state index < -0.39 is 0 Å². The second kappa shape index (κ2) is 9.12. The van der Waals surface area contributed by atoms with E-state index in [-0.39, 0.29) is 30.3 Å². The highest BCUT2D eigenvalue weighted by Gasteiger charge is 2.40. The molecule has 7 nitrogen and oxygen atoms in total. The number of aryl methyl sites for hydroxylation is 2. The summed E-state index contributed by atoms with van der Waals surface area (Å²) in [5.74, 6) is -0.315. The molecule has 3 aliphatic heterocycles. The standard InChI is InChI=1S/C27H32N4O3/c1-18-8-10-21(15-19(18)2)28-25(32)17-31-24-16-20(26(33)29-12-5-6-13-29)9-11-22(24)30-14-4-3-7-23(30)27(31)34/h8-11,15-16,23H,3-7,12-14,17H2,1-2H3,(H,28,32)/t23-/m0/s1. The van der Waals surface area contributed by atoms with Gasteiger partial charge in [-0.05, 0) is 87.4 Å². The summed E-state index contributed by atoms with van der Waals surface area (Å²) in [6, 6.07) is 11.2. The maximum Gasteiger partial charge on any atom is 0.253 e. The lowest BCUT2D eigenvalue weighted by Gasteiger charge is -2.45. The van der Waals surface area contributed by atoms with Gasteiger partial charge >= 0.3 is 0 Å². The molecule has 0 aliphatic carbocycles. The Morgan fingerprint density at radius 3 is 2.44 bits per heavy atom. The third kappa shape index (κ3) is 4.15. The van der Waals surface area contributed by atoms with Crippen LogP contribution in [0, 0.1) is 13.8 Å². The lowest BCUT2D eigenvalue weighted by Crippen LogP contribution is -2.56. The van der Waals surface area contributed by atoms with E-state index in [0.29, 0.717) is 11.3 Å². The van der Waals surface area contributed by atoms with Crippen LogP contribution in [0.3, 0.4) is 0 Å². The summed E-state index contributed by atoms with van der Waals surface area (Å²) in [5.41, 5.74) is 5.13. The van der Waals surface area contributed by atoms with Crippen molar-refractivity contribution in [2.45, 2.75) is 52.0 Å². The van der Waals surface area contributed by atoms with Gasteiger partial charge in [0.1, 0.15) is 12.6 Å². The molecule has 3 heterocycles. The number of carbonyl (C=O) groups excluding carboxylic acids is 3. The van der Waals surface area contributed by atoms with Crippen LogP contribution >= 0.6 is 0 Å². The second-order valence-corrected chi connectivity index (χ2v) is 9.68. The number of piperidine rings is 1. The molecule has 0 saturated carbocycles. The summed E-state index contributed by atoms with van der Waals surface area (Å²) < 4.78 is 0. The SMILES string of the molecule is Cc1ccc(NC(=O)CN2C(=O)[C@@H]3CCCCN3c3ccc(C(=O)N4CCCC4)cc32)cc1C. The van der Waals surface area contributed by atoms with Crippen molar-refractivity contribution in [3.05, 3.63) is 53.1 Å². The first-order valence-electron chi connectivity index (χ1n) is 12.3. The van der Waals surface area contributed by atoms with Gasteiger partial charge in [0.15, 0.2) is 0 Å². The molecule has 2 saturated heterocycles. The number of rotatable bonds is 4. The van der Waals surface area contributed by atoms with Gasteiger partial charge < -0.3 is 15.1 Å². The predicted molar refractivity (Wildman–Crippen MR) is 133 cm³/mol. The van der Waals surface area contributed by atoms with Crippen LogP contribution in [-0.2, 0) is 9.59 Å². The van der Waals surface area contributed by atoms with Gasteiger partial charge in [0.25, 0.3) is 5.91 Å². The summed E-state index contributed by atoms with van der Waals surface area (Å²) in [6.07, 6.45) is 4.86. The molecule has 7 heteroatoms. The maximum atomic E-state index is 13.6. The summed E-state index contributed by atoms with van der Waals surface area (Å²) in [4.78, 5) is 45.2. The van der Waals surface area contributed by atoms with Gasteiger partial charge in [0, 0.05) is 30.9 Å². The van der Waals surface area contributed by atoms with Gasteiger partial charge in [-0.3, -0.25) is 19.3 Å². The second-order valence-electron chi connectivity index (χ2n) is 9.68. The molecule has 3 amide bonds. The highest BCUT2D eigenvalue weighted by molar-refractivity contribution is 6.11. The van der Waals surface area contributed by atoms with Gasteiger partial charge in [-0.1, -0.05) is 6.07 Å². The molecule has 3 aliphatic rings. The zero-order valence-electron chi connectivity index (χ0n) is 20.0. The van der Waals surface area contributed by atoms with E-state index in [1.807, 2.05) is 55.1 Å². The number of benzene rings is 2. The number of hydrogen-bond acceptors (Lipinski definition) is 4. The van der Waals surface area contributed by atoms with E-state index in [1.54, 1.807) is 4.90 Å². The fraction of sp³-hybridized carbons (Fsp3) is 0.444. The van der Waals surface area contributed by atoms with Gasteiger partial charge in [0.2, 0.25) is 11.8 Å². The molecule has 178 valence electrons. The van der Waals surface area contributed by atoms with E-state index in [9.17, 15) is 14.4 Å². The maximum absolute atomic E-state index is 13.6. The zero-order chi connectivity index (χ0) is 23.8. The van der Waals surface area contributed by atoms with Crippen molar-refractivity contribution in [1.29, 1.82) is 0 Å². The predicted octanol–water partition coefficient (Wildman–Crippen LogP) is 3.88. The molecular weight excluding hydrogens is 428 g/mol. The molecule has 2 fully saturated rings. The first kappa shape index (κ1) is 22.4. The average molecular weight is 461 g/mol. The summed E-state index contributed by atoms with van der Waals surface area (Å²) in [6.45, 7) is 6.30. The number of nitrogens with one attached hydrogen (secondary N) is 1. The Kier molecular flexibility index (Phi) is 6.02. The summed E-state index contributed by atoms with van der Waals surface area (Å²) >= 11 is 0. The average Bonchev–Trinajstić information content (AvgIpc) is 3.38. The quantitative estimate of drug-likeness (QED) is 0.752. The third-order valence-electron chi connectivity index (χ3n) is 7.36. The highest BCUT2D eigenvalue weighted by atomic mass is 16.2. The largest absolute Gasteiger partial charge is 0.358 e. The molecule has 2 aromatic rings. The van der Waals surface area contributed by atoms with Crippen molar-refractivity contribution < 1.29 is 14.4 Å². The number of anilines is 3. The fourth-order valence-corrected chi connectivity index (χ4v) is 5.32. The third-order valence-corrected chi connectivity index (χ3v) is 7.36. The normalized spacial score (nSPS) is 19.6. The van der Waals surface area contributed by atoms with Crippen LogP contribution in [0.2, 0.25) is 0 Å². The van der Waals surface area contributed by atoms with Gasteiger partial charge in [-0.15, -0.1) is 0 Å². The van der Waals surface area contributed by atoms with E-state index in [0.717, 1.165) is 74.2 Å². The number of fused-ring (bicyclic) bond motifs is 3. The molecule has 1 N–H and O–H groups in total. The monoisotopic (exact) mass is 460 g/mol. The Hall–Kier alpha value is -3.35. The molecule has 0 spiro atoms. The van der Waals surface area contributed by atoms with Gasteiger partial charge in [0.05, 0.1) is 11.4 Å². The minimum absolute atomic E-state index is 0.00644. The number of amides is 3. The van der Waals surface area contributed by atoms with Crippen LogP contribution in [0.1, 0.15) is 53.6 Å². The number of carbonyl (C=O) groups is 3. The van der Waals surface area contributed by atoms with Crippen molar-refractivity contribution in [3.8, 4) is 0 Å². The van der Waals surface area contributed by atoms with Crippen molar-refractivity contribution in [2.24, 2.45) is 0 Å². The molecule has 1 atom stereocenters.